The fraction of sp³-hybridized carbons (Fsp3) is 0.571. The van der Waals surface area contributed by atoms with Crippen molar-refractivity contribution in [2.45, 2.75) is 26.7 Å². The van der Waals surface area contributed by atoms with Gasteiger partial charge in [0.05, 0.1) is 18.2 Å². The molecule has 0 aromatic carbocycles. The first-order valence-electron chi connectivity index (χ1n) is 8.02. The number of tetrazole rings is 1. The van der Waals surface area contributed by atoms with Gasteiger partial charge in [0.2, 0.25) is 11.8 Å². The second-order valence-electron chi connectivity index (χ2n) is 6.01. The molecule has 1 aliphatic heterocycles. The van der Waals surface area contributed by atoms with E-state index < -0.39 is 0 Å². The van der Waals surface area contributed by atoms with Crippen molar-refractivity contribution >= 4 is 34.2 Å². The van der Waals surface area contributed by atoms with E-state index in [9.17, 15) is 9.59 Å². The molecule has 1 atom stereocenters. The molecule has 2 aromatic rings. The molecule has 0 bridgehead atoms. The number of carbonyl (C=O) groups excluding carboxylic acids is 2. The summed E-state index contributed by atoms with van der Waals surface area (Å²) in [5.41, 5.74) is 0.927. The molecule has 1 fully saturated rings. The lowest BCUT2D eigenvalue weighted by Crippen LogP contribution is -2.44. The Kier molecular flexibility index (Phi) is 5.34. The second-order valence-corrected chi connectivity index (χ2v) is 7.21. The Hall–Kier alpha value is -2.40. The Morgan fingerprint density at radius 3 is 2.88 bits per heavy atom. The molecule has 11 heteroatoms. The van der Waals surface area contributed by atoms with Crippen LogP contribution in [0.1, 0.15) is 23.4 Å². The molecule has 2 aromatic heterocycles. The summed E-state index contributed by atoms with van der Waals surface area (Å²) in [5, 5.41) is 19.2. The second kappa shape index (κ2) is 7.66. The van der Waals surface area contributed by atoms with E-state index in [0.29, 0.717) is 11.7 Å². The molecule has 2 amide bonds. The maximum absolute atomic E-state index is 12.3. The van der Waals surface area contributed by atoms with Crippen LogP contribution in [0.15, 0.2) is 0 Å². The van der Waals surface area contributed by atoms with E-state index in [-0.39, 0.29) is 30.2 Å². The Morgan fingerprint density at radius 2 is 2.20 bits per heavy atom. The van der Waals surface area contributed by atoms with Gasteiger partial charge in [0.1, 0.15) is 0 Å². The number of hydrogen-bond acceptors (Lipinski definition) is 8. The normalized spacial score (nSPS) is 18.1. The quantitative estimate of drug-likeness (QED) is 0.707. The number of aromatic amines is 1. The molecule has 3 N–H and O–H groups in total. The van der Waals surface area contributed by atoms with Gasteiger partial charge in [0.25, 0.3) is 5.95 Å². The zero-order valence-corrected chi connectivity index (χ0v) is 14.9. The summed E-state index contributed by atoms with van der Waals surface area (Å²) in [6.45, 7) is 5.44. The van der Waals surface area contributed by atoms with Crippen molar-refractivity contribution < 1.29 is 9.59 Å². The highest BCUT2D eigenvalue weighted by Crippen LogP contribution is 2.21. The zero-order valence-electron chi connectivity index (χ0n) is 14.1. The maximum Gasteiger partial charge on any atom is 0.269 e. The molecule has 10 nitrogen and oxygen atoms in total. The third-order valence-corrected chi connectivity index (χ3v) is 5.09. The van der Waals surface area contributed by atoms with Gasteiger partial charge in [-0.2, -0.15) is 5.21 Å². The van der Waals surface area contributed by atoms with Gasteiger partial charge < -0.3 is 5.32 Å². The summed E-state index contributed by atoms with van der Waals surface area (Å²) >= 11 is 1.46. The molecule has 0 saturated carbocycles. The van der Waals surface area contributed by atoms with Crippen LogP contribution in [0.5, 0.6) is 0 Å². The van der Waals surface area contributed by atoms with Crippen molar-refractivity contribution in [2.75, 3.05) is 30.3 Å². The number of nitrogens with one attached hydrogen (secondary N) is 3. The summed E-state index contributed by atoms with van der Waals surface area (Å²) in [6.07, 6.45) is 1.62. The lowest BCUT2D eigenvalue weighted by atomic mass is 9.97. The van der Waals surface area contributed by atoms with Crippen LogP contribution >= 0.6 is 11.3 Å². The SMILES string of the molecule is Cc1nc(NC(=O)CN2CCCC(C(=O)Nc3nn[nH]n3)C2)sc1C. The molecule has 1 saturated heterocycles. The molecule has 3 heterocycles. The monoisotopic (exact) mass is 364 g/mol. The van der Waals surface area contributed by atoms with Crippen LogP contribution in [0.25, 0.3) is 0 Å². The molecule has 3 rings (SSSR count). The van der Waals surface area contributed by atoms with Gasteiger partial charge in [-0.25, -0.2) is 4.98 Å². The number of anilines is 2. The lowest BCUT2D eigenvalue weighted by molar-refractivity contribution is -0.123. The topological polar surface area (TPSA) is 129 Å². The Balaban J connectivity index is 1.50. The highest BCUT2D eigenvalue weighted by atomic mass is 32.1. The standard InChI is InChI=1S/C14H20N8O2S/c1-8-9(2)25-14(15-8)16-11(23)7-22-5-3-4-10(6-22)12(24)17-13-18-20-21-19-13/h10H,3-7H2,1-2H3,(H,15,16,23)(H2,17,18,19,20,21,24). The number of amides is 2. The molecule has 0 spiro atoms. The van der Waals surface area contributed by atoms with Gasteiger partial charge in [-0.15, -0.1) is 16.4 Å². The van der Waals surface area contributed by atoms with E-state index in [2.05, 4.69) is 36.2 Å². The zero-order chi connectivity index (χ0) is 17.8. The highest BCUT2D eigenvalue weighted by Gasteiger charge is 2.27. The van der Waals surface area contributed by atoms with Crippen molar-refractivity contribution in [3.63, 3.8) is 0 Å². The van der Waals surface area contributed by atoms with Crippen LogP contribution in [0.2, 0.25) is 0 Å². The molecule has 134 valence electrons. The largest absolute Gasteiger partial charge is 0.301 e. The van der Waals surface area contributed by atoms with Gasteiger partial charge in [-0.05, 0) is 38.4 Å². The highest BCUT2D eigenvalue weighted by molar-refractivity contribution is 7.15. The Labute approximate surface area is 148 Å². The number of H-pyrrole nitrogens is 1. The molecule has 25 heavy (non-hydrogen) atoms. The first-order valence-corrected chi connectivity index (χ1v) is 8.83. The molecule has 0 radical (unpaired) electrons. The average molecular weight is 364 g/mol. The van der Waals surface area contributed by atoms with Crippen molar-refractivity contribution in [3.8, 4) is 0 Å². The van der Waals surface area contributed by atoms with Crippen LogP contribution in [-0.4, -0.2) is 62.0 Å². The van der Waals surface area contributed by atoms with Crippen LogP contribution in [0.4, 0.5) is 11.1 Å². The van der Waals surface area contributed by atoms with E-state index in [4.69, 9.17) is 0 Å². The maximum atomic E-state index is 12.3. The number of carbonyl (C=O) groups is 2. The van der Waals surface area contributed by atoms with Crippen molar-refractivity contribution in [2.24, 2.45) is 5.92 Å². The number of thiazole rings is 1. The van der Waals surface area contributed by atoms with E-state index in [1.807, 2.05) is 18.7 Å². The number of rotatable bonds is 5. The average Bonchev–Trinajstić information content (AvgIpc) is 3.17. The summed E-state index contributed by atoms with van der Waals surface area (Å²) in [6, 6.07) is 0. The van der Waals surface area contributed by atoms with Crippen LogP contribution in [0, 0.1) is 19.8 Å². The first-order chi connectivity index (χ1) is 12.0. The van der Waals surface area contributed by atoms with Gasteiger partial charge in [-0.1, -0.05) is 5.10 Å². The lowest BCUT2D eigenvalue weighted by Gasteiger charge is -2.31. The van der Waals surface area contributed by atoms with E-state index in [0.717, 1.165) is 30.0 Å². The molecule has 1 unspecified atom stereocenters. The number of hydrogen-bond donors (Lipinski definition) is 3. The third kappa shape index (κ3) is 4.57. The minimum Gasteiger partial charge on any atom is -0.301 e. The van der Waals surface area contributed by atoms with Gasteiger partial charge in [-0.3, -0.25) is 19.8 Å². The van der Waals surface area contributed by atoms with E-state index in [1.54, 1.807) is 0 Å². The van der Waals surface area contributed by atoms with E-state index >= 15 is 0 Å². The summed E-state index contributed by atoms with van der Waals surface area (Å²) in [7, 11) is 0. The summed E-state index contributed by atoms with van der Waals surface area (Å²) < 4.78 is 0. The predicted molar refractivity (Wildman–Crippen MR) is 92.2 cm³/mol. The van der Waals surface area contributed by atoms with Crippen molar-refractivity contribution in [3.05, 3.63) is 10.6 Å². The minimum atomic E-state index is -0.204. The number of nitrogens with zero attached hydrogens (tertiary/aromatic N) is 5. The molecular weight excluding hydrogens is 344 g/mol. The molecular formula is C14H20N8O2S. The fourth-order valence-electron chi connectivity index (χ4n) is 2.73. The summed E-state index contributed by atoms with van der Waals surface area (Å²) in [5.74, 6) is -0.315. The smallest absolute Gasteiger partial charge is 0.269 e. The van der Waals surface area contributed by atoms with Crippen molar-refractivity contribution in [1.82, 2.24) is 30.5 Å². The van der Waals surface area contributed by atoms with E-state index in [1.165, 1.54) is 11.3 Å². The minimum absolute atomic E-state index is 0.118. The van der Waals surface area contributed by atoms with Gasteiger partial charge in [0, 0.05) is 11.4 Å². The Bertz CT molecular complexity index is 725. The number of aryl methyl sites for hydroxylation is 2. The van der Waals surface area contributed by atoms with Gasteiger partial charge in [0.15, 0.2) is 5.13 Å². The summed E-state index contributed by atoms with van der Waals surface area (Å²) in [4.78, 5) is 31.9. The van der Waals surface area contributed by atoms with Gasteiger partial charge >= 0.3 is 0 Å². The molecule has 0 aliphatic carbocycles. The van der Waals surface area contributed by atoms with Crippen LogP contribution in [0.3, 0.4) is 0 Å². The fourth-order valence-corrected chi connectivity index (χ4v) is 3.56. The predicted octanol–water partition coefficient (Wildman–Crippen LogP) is 0.562. The van der Waals surface area contributed by atoms with Crippen LogP contribution in [-0.2, 0) is 9.59 Å². The van der Waals surface area contributed by atoms with Crippen molar-refractivity contribution in [1.29, 1.82) is 0 Å². The number of piperidine rings is 1. The number of aromatic nitrogens is 5. The Morgan fingerprint density at radius 1 is 1.36 bits per heavy atom. The third-order valence-electron chi connectivity index (χ3n) is 4.10. The number of likely N-dealkylation sites (tertiary alicyclic amines) is 1. The van der Waals surface area contributed by atoms with Crippen LogP contribution < -0.4 is 10.6 Å². The first kappa shape index (κ1) is 17.4. The molecule has 1 aliphatic rings.